The number of carboxylic acid groups (broad SMARTS) is 1. The zero-order valence-corrected chi connectivity index (χ0v) is 21.8. The average molecular weight is 558 g/mol. The monoisotopic (exact) mass is 557 g/mol. The number of carboxylic acids is 1. The van der Waals surface area contributed by atoms with Gasteiger partial charge in [-0.15, -0.1) is 0 Å². The van der Waals surface area contributed by atoms with Crippen LogP contribution in [0.5, 0.6) is 11.5 Å². The van der Waals surface area contributed by atoms with E-state index in [0.29, 0.717) is 16.3 Å². The fourth-order valence-corrected chi connectivity index (χ4v) is 3.66. The molecule has 3 aromatic carbocycles. The number of amides is 2. The van der Waals surface area contributed by atoms with Crippen LogP contribution in [-0.4, -0.2) is 47.9 Å². The van der Waals surface area contributed by atoms with E-state index in [2.05, 4.69) is 15.8 Å². The molecule has 3 aromatic rings. The van der Waals surface area contributed by atoms with E-state index in [-0.39, 0.29) is 17.2 Å². The Morgan fingerprint density at radius 2 is 1.71 bits per heavy atom. The molecule has 0 unspecified atom stereocenters. The Balaban J connectivity index is 1.64. The summed E-state index contributed by atoms with van der Waals surface area (Å²) in [5.74, 6) is -1.46. The highest BCUT2D eigenvalue weighted by Gasteiger charge is 2.25. The van der Waals surface area contributed by atoms with Gasteiger partial charge in [0, 0.05) is 11.4 Å². The fourth-order valence-electron chi connectivity index (χ4n) is 3.21. The number of hydrogen-bond donors (Lipinski definition) is 3. The SMILES string of the molecule is C[C@H](Oc1ccc(Cl)cc1Cl)C(=O)N[C@H](Cc1ccccc1)C(=O)N/N=C\c1ccc(OCC(=O)O)cc1. The highest BCUT2D eigenvalue weighted by atomic mass is 35.5. The molecule has 0 spiro atoms. The molecular weight excluding hydrogens is 533 g/mol. The molecule has 0 saturated heterocycles. The van der Waals surface area contributed by atoms with E-state index in [1.165, 1.54) is 12.3 Å². The predicted octanol–water partition coefficient (Wildman–Crippen LogP) is 4.10. The molecule has 0 aliphatic carbocycles. The molecule has 0 radical (unpaired) electrons. The van der Waals surface area contributed by atoms with Crippen LogP contribution in [0, 0.1) is 0 Å². The molecule has 2 amide bonds. The van der Waals surface area contributed by atoms with E-state index in [0.717, 1.165) is 5.56 Å². The highest BCUT2D eigenvalue weighted by Crippen LogP contribution is 2.28. The lowest BCUT2D eigenvalue weighted by molar-refractivity contribution is -0.139. The van der Waals surface area contributed by atoms with E-state index in [4.69, 9.17) is 37.8 Å². The minimum atomic E-state index is -1.08. The predicted molar refractivity (Wildman–Crippen MR) is 144 cm³/mol. The molecule has 9 nitrogen and oxygen atoms in total. The molecule has 0 bridgehead atoms. The molecule has 38 heavy (non-hydrogen) atoms. The lowest BCUT2D eigenvalue weighted by Gasteiger charge is -2.21. The van der Waals surface area contributed by atoms with E-state index in [1.54, 1.807) is 43.3 Å². The quantitative estimate of drug-likeness (QED) is 0.227. The molecule has 3 rings (SSSR count). The van der Waals surface area contributed by atoms with Crippen molar-refractivity contribution in [1.29, 1.82) is 0 Å². The Hall–Kier alpha value is -4.08. The number of nitrogens with one attached hydrogen (secondary N) is 2. The molecule has 0 aliphatic heterocycles. The molecule has 0 heterocycles. The van der Waals surface area contributed by atoms with Crippen LogP contribution in [0.1, 0.15) is 18.1 Å². The van der Waals surface area contributed by atoms with Crippen LogP contribution in [0.15, 0.2) is 77.9 Å². The van der Waals surface area contributed by atoms with Gasteiger partial charge < -0.3 is 19.9 Å². The first kappa shape index (κ1) is 28.5. The van der Waals surface area contributed by atoms with Crippen LogP contribution in [0.4, 0.5) is 0 Å². The maximum absolute atomic E-state index is 13.0. The summed E-state index contributed by atoms with van der Waals surface area (Å²) in [6.45, 7) is 1.09. The summed E-state index contributed by atoms with van der Waals surface area (Å²) in [5.41, 5.74) is 3.92. The average Bonchev–Trinajstić information content (AvgIpc) is 2.89. The largest absolute Gasteiger partial charge is 0.482 e. The van der Waals surface area contributed by atoms with Crippen LogP contribution in [0.2, 0.25) is 10.0 Å². The van der Waals surface area contributed by atoms with Crippen LogP contribution in [0.3, 0.4) is 0 Å². The highest BCUT2D eigenvalue weighted by molar-refractivity contribution is 6.35. The fraction of sp³-hybridized carbons (Fsp3) is 0.185. The Kier molecular flexibility index (Phi) is 10.5. The Morgan fingerprint density at radius 1 is 1.00 bits per heavy atom. The first-order chi connectivity index (χ1) is 18.2. The maximum Gasteiger partial charge on any atom is 0.341 e. The van der Waals surface area contributed by atoms with Gasteiger partial charge in [-0.1, -0.05) is 53.5 Å². The summed E-state index contributed by atoms with van der Waals surface area (Å²) >= 11 is 12.0. The number of aliphatic carboxylic acids is 1. The minimum Gasteiger partial charge on any atom is -0.482 e. The number of hydrogen-bond acceptors (Lipinski definition) is 6. The second kappa shape index (κ2) is 14.0. The van der Waals surface area contributed by atoms with E-state index < -0.39 is 36.5 Å². The molecule has 3 N–H and O–H groups in total. The number of rotatable bonds is 12. The van der Waals surface area contributed by atoms with Crippen molar-refractivity contribution in [3.8, 4) is 11.5 Å². The molecule has 0 aliphatic rings. The van der Waals surface area contributed by atoms with E-state index >= 15 is 0 Å². The van der Waals surface area contributed by atoms with Crippen molar-refractivity contribution in [1.82, 2.24) is 10.7 Å². The number of hydrazone groups is 1. The molecule has 198 valence electrons. The third kappa shape index (κ3) is 9.10. The third-order valence-corrected chi connectivity index (χ3v) is 5.64. The summed E-state index contributed by atoms with van der Waals surface area (Å²) in [5, 5.41) is 16.1. The minimum absolute atomic E-state index is 0.220. The van der Waals surface area contributed by atoms with Gasteiger partial charge in [0.1, 0.15) is 17.5 Å². The van der Waals surface area contributed by atoms with Crippen LogP contribution < -0.4 is 20.2 Å². The third-order valence-electron chi connectivity index (χ3n) is 5.11. The van der Waals surface area contributed by atoms with E-state index in [1.807, 2.05) is 30.3 Å². The second-order valence-corrected chi connectivity index (χ2v) is 8.92. The maximum atomic E-state index is 13.0. The van der Waals surface area contributed by atoms with Crippen molar-refractivity contribution in [2.75, 3.05) is 6.61 Å². The number of nitrogens with zero attached hydrogens (tertiary/aromatic N) is 1. The molecule has 0 fully saturated rings. The van der Waals surface area contributed by atoms with Gasteiger partial charge in [0.05, 0.1) is 11.2 Å². The molecule has 2 atom stereocenters. The normalized spacial score (nSPS) is 12.4. The second-order valence-electron chi connectivity index (χ2n) is 8.07. The number of halogens is 2. The summed E-state index contributed by atoms with van der Waals surface area (Å²) in [6, 6.07) is 19.4. The summed E-state index contributed by atoms with van der Waals surface area (Å²) in [7, 11) is 0. The summed E-state index contributed by atoms with van der Waals surface area (Å²) in [4.78, 5) is 36.4. The van der Waals surface area contributed by atoms with Gasteiger partial charge in [-0.25, -0.2) is 10.2 Å². The van der Waals surface area contributed by atoms with Crippen molar-refractivity contribution >= 4 is 47.2 Å². The molecular formula is C27H25Cl2N3O6. The van der Waals surface area contributed by atoms with Crippen LogP contribution in [-0.2, 0) is 20.8 Å². The number of carbonyl (C=O) groups is 3. The van der Waals surface area contributed by atoms with Crippen molar-refractivity contribution in [2.24, 2.45) is 5.10 Å². The van der Waals surface area contributed by atoms with Gasteiger partial charge in [0.2, 0.25) is 0 Å². The van der Waals surface area contributed by atoms with Gasteiger partial charge in [-0.05, 0) is 60.5 Å². The van der Waals surface area contributed by atoms with Gasteiger partial charge >= 0.3 is 5.97 Å². The number of ether oxygens (including phenoxy) is 2. The Labute approximate surface area is 229 Å². The van der Waals surface area contributed by atoms with Crippen LogP contribution >= 0.6 is 23.2 Å². The standard InChI is InChI=1S/C27H25Cl2N3O6/c1-17(38-24-12-9-20(28)14-22(24)29)26(35)31-23(13-18-5-3-2-4-6-18)27(36)32-30-15-19-7-10-21(11-8-19)37-16-25(33)34/h2-12,14-15,17,23H,13,16H2,1H3,(H,31,35)(H,32,36)(H,33,34)/b30-15-/t17-,23+/m0/s1. The van der Waals surface area contributed by atoms with E-state index in [9.17, 15) is 14.4 Å². The summed E-state index contributed by atoms with van der Waals surface area (Å²) < 4.78 is 10.7. The van der Waals surface area contributed by atoms with Crippen molar-refractivity contribution < 1.29 is 29.0 Å². The first-order valence-corrected chi connectivity index (χ1v) is 12.2. The van der Waals surface area contributed by atoms with Crippen molar-refractivity contribution in [3.05, 3.63) is 94.0 Å². The van der Waals surface area contributed by atoms with Crippen molar-refractivity contribution in [3.63, 3.8) is 0 Å². The molecule has 0 saturated carbocycles. The van der Waals surface area contributed by atoms with Gasteiger partial charge in [0.15, 0.2) is 12.7 Å². The van der Waals surface area contributed by atoms with Gasteiger partial charge in [0.25, 0.3) is 11.8 Å². The zero-order chi connectivity index (χ0) is 27.5. The topological polar surface area (TPSA) is 126 Å². The smallest absolute Gasteiger partial charge is 0.341 e. The lowest BCUT2D eigenvalue weighted by Crippen LogP contribution is -2.50. The Morgan fingerprint density at radius 3 is 2.37 bits per heavy atom. The summed E-state index contributed by atoms with van der Waals surface area (Å²) in [6.07, 6.45) is 0.678. The molecule has 11 heteroatoms. The number of carbonyl (C=O) groups excluding carboxylic acids is 2. The zero-order valence-electron chi connectivity index (χ0n) is 20.3. The van der Waals surface area contributed by atoms with Gasteiger partial charge in [-0.2, -0.15) is 5.10 Å². The first-order valence-electron chi connectivity index (χ1n) is 11.4. The lowest BCUT2D eigenvalue weighted by atomic mass is 10.1. The Bertz CT molecular complexity index is 1290. The number of benzene rings is 3. The molecule has 0 aromatic heterocycles. The van der Waals surface area contributed by atoms with Crippen molar-refractivity contribution in [2.45, 2.75) is 25.5 Å². The van der Waals surface area contributed by atoms with Crippen LogP contribution in [0.25, 0.3) is 0 Å². The van der Waals surface area contributed by atoms with Gasteiger partial charge in [-0.3, -0.25) is 9.59 Å².